The van der Waals surface area contributed by atoms with E-state index in [1.54, 1.807) is 12.1 Å². The molecule has 0 fully saturated rings. The number of nitrogens with two attached hydrogens (primary N) is 1. The molecule has 0 bridgehead atoms. The van der Waals surface area contributed by atoms with Gasteiger partial charge in [0.15, 0.2) is 0 Å². The maximum absolute atomic E-state index is 12.1. The van der Waals surface area contributed by atoms with Gasteiger partial charge in [0.2, 0.25) is 0 Å². The Bertz CT molecular complexity index is 360. The summed E-state index contributed by atoms with van der Waals surface area (Å²) in [4.78, 5) is 0. The first-order valence-corrected chi connectivity index (χ1v) is 4.94. The Morgan fingerprint density at radius 3 is 2.41 bits per heavy atom. The molecule has 0 amide bonds. The molecule has 0 heterocycles. The monoisotopic (exact) mass is 289 g/mol. The number of halogens is 5. The molecule has 7 heteroatoms. The first-order chi connectivity index (χ1) is 7.30. The lowest BCUT2D eigenvalue weighted by molar-refractivity contribution is -0.153. The second kappa shape index (κ2) is 6.44. The smallest absolute Gasteiger partial charge is 0.388 e. The van der Waals surface area contributed by atoms with Gasteiger partial charge in [-0.25, -0.2) is 0 Å². The molecule has 0 saturated heterocycles. The van der Waals surface area contributed by atoms with Gasteiger partial charge in [0, 0.05) is 11.4 Å². The topological polar surface area (TPSA) is 46.2 Å². The quantitative estimate of drug-likeness (QED) is 0.898. The summed E-state index contributed by atoms with van der Waals surface area (Å²) in [6.07, 6.45) is -6.35. The predicted octanol–water partition coefficient (Wildman–Crippen LogP) is 3.07. The molecule has 0 aliphatic rings. The van der Waals surface area contributed by atoms with Gasteiger partial charge in [0.25, 0.3) is 0 Å². The van der Waals surface area contributed by atoms with Crippen molar-refractivity contribution in [3.63, 3.8) is 0 Å². The van der Waals surface area contributed by atoms with E-state index in [0.29, 0.717) is 10.6 Å². The van der Waals surface area contributed by atoms with Crippen LogP contribution in [0.25, 0.3) is 0 Å². The SMILES string of the molecule is Cl.N[C@@H](C[C@H](O)c1cccc(Cl)c1)C(F)(F)F. The standard InChI is InChI=1S/C10H11ClF3NO.ClH/c11-7-3-1-2-6(4-7)8(16)5-9(15)10(12,13)14;/h1-4,8-9,16H,5,15H2;1H/t8-,9-;/m0./s1. The summed E-state index contributed by atoms with van der Waals surface area (Å²) >= 11 is 5.65. The first kappa shape index (κ1) is 16.5. The zero-order valence-corrected chi connectivity index (χ0v) is 10.2. The number of benzene rings is 1. The third kappa shape index (κ3) is 5.12. The number of aliphatic hydroxyl groups excluding tert-OH is 1. The van der Waals surface area contributed by atoms with Gasteiger partial charge in [0.05, 0.1) is 6.10 Å². The average Bonchev–Trinajstić information content (AvgIpc) is 2.16. The van der Waals surface area contributed by atoms with Crippen LogP contribution in [-0.4, -0.2) is 17.3 Å². The molecule has 1 aromatic rings. The van der Waals surface area contributed by atoms with Crippen molar-refractivity contribution in [1.82, 2.24) is 0 Å². The fraction of sp³-hybridized carbons (Fsp3) is 0.400. The molecule has 0 aromatic heterocycles. The molecular weight excluding hydrogens is 278 g/mol. The minimum atomic E-state index is -4.50. The lowest BCUT2D eigenvalue weighted by atomic mass is 10.0. The van der Waals surface area contributed by atoms with Crippen LogP contribution in [0.1, 0.15) is 18.1 Å². The van der Waals surface area contributed by atoms with Crippen LogP contribution in [0.2, 0.25) is 5.02 Å². The second-order valence-electron chi connectivity index (χ2n) is 3.45. The maximum atomic E-state index is 12.1. The minimum absolute atomic E-state index is 0. The normalized spacial score (nSPS) is 14.9. The Kier molecular flexibility index (Phi) is 6.26. The summed E-state index contributed by atoms with van der Waals surface area (Å²) in [6, 6.07) is 4.00. The van der Waals surface area contributed by atoms with Gasteiger partial charge >= 0.3 is 6.18 Å². The predicted molar refractivity (Wildman–Crippen MR) is 62.3 cm³/mol. The van der Waals surface area contributed by atoms with Crippen molar-refractivity contribution in [2.45, 2.75) is 24.7 Å². The van der Waals surface area contributed by atoms with Crippen LogP contribution in [0.4, 0.5) is 13.2 Å². The highest BCUT2D eigenvalue weighted by atomic mass is 35.5. The zero-order valence-electron chi connectivity index (χ0n) is 8.62. The molecule has 1 aromatic carbocycles. The summed E-state index contributed by atoms with van der Waals surface area (Å²) in [5.74, 6) is 0. The molecule has 0 radical (unpaired) electrons. The van der Waals surface area contributed by atoms with Gasteiger partial charge in [-0.15, -0.1) is 12.4 Å². The van der Waals surface area contributed by atoms with E-state index in [4.69, 9.17) is 17.3 Å². The van der Waals surface area contributed by atoms with Crippen molar-refractivity contribution in [2.24, 2.45) is 5.73 Å². The molecule has 3 N–H and O–H groups in total. The van der Waals surface area contributed by atoms with E-state index < -0.39 is 24.7 Å². The fourth-order valence-electron chi connectivity index (χ4n) is 1.22. The van der Waals surface area contributed by atoms with E-state index in [1.165, 1.54) is 12.1 Å². The lowest BCUT2D eigenvalue weighted by Crippen LogP contribution is -2.38. The van der Waals surface area contributed by atoms with Crippen molar-refractivity contribution in [1.29, 1.82) is 0 Å². The van der Waals surface area contributed by atoms with Crippen molar-refractivity contribution in [3.05, 3.63) is 34.9 Å². The van der Waals surface area contributed by atoms with Gasteiger partial charge in [-0.3, -0.25) is 0 Å². The molecule has 2 nitrogen and oxygen atoms in total. The second-order valence-corrected chi connectivity index (χ2v) is 3.89. The summed E-state index contributed by atoms with van der Waals surface area (Å²) < 4.78 is 36.4. The van der Waals surface area contributed by atoms with E-state index in [-0.39, 0.29) is 12.4 Å². The molecule has 98 valence electrons. The molecule has 2 atom stereocenters. The highest BCUT2D eigenvalue weighted by Gasteiger charge is 2.37. The van der Waals surface area contributed by atoms with Crippen LogP contribution in [0, 0.1) is 0 Å². The largest absolute Gasteiger partial charge is 0.403 e. The average molecular weight is 290 g/mol. The molecule has 17 heavy (non-hydrogen) atoms. The molecule has 1 rings (SSSR count). The zero-order chi connectivity index (χ0) is 12.3. The van der Waals surface area contributed by atoms with E-state index in [9.17, 15) is 18.3 Å². The van der Waals surface area contributed by atoms with Crippen molar-refractivity contribution in [2.75, 3.05) is 0 Å². The Morgan fingerprint density at radius 2 is 1.94 bits per heavy atom. The van der Waals surface area contributed by atoms with Crippen molar-refractivity contribution < 1.29 is 18.3 Å². The highest BCUT2D eigenvalue weighted by molar-refractivity contribution is 6.30. The third-order valence-electron chi connectivity index (χ3n) is 2.13. The lowest BCUT2D eigenvalue weighted by Gasteiger charge is -2.19. The van der Waals surface area contributed by atoms with E-state index in [2.05, 4.69) is 0 Å². The number of rotatable bonds is 3. The van der Waals surface area contributed by atoms with E-state index >= 15 is 0 Å². The highest BCUT2D eigenvalue weighted by Crippen LogP contribution is 2.27. The molecule has 0 aliphatic heterocycles. The van der Waals surface area contributed by atoms with Crippen LogP contribution >= 0.6 is 24.0 Å². The number of hydrogen-bond acceptors (Lipinski definition) is 2. The van der Waals surface area contributed by atoms with Crippen LogP contribution in [0.3, 0.4) is 0 Å². The number of hydrogen-bond donors (Lipinski definition) is 2. The van der Waals surface area contributed by atoms with Gasteiger partial charge in [-0.2, -0.15) is 13.2 Å². The Balaban J connectivity index is 0.00000256. The van der Waals surface area contributed by atoms with Crippen LogP contribution < -0.4 is 5.73 Å². The molecule has 0 spiro atoms. The van der Waals surface area contributed by atoms with Gasteiger partial charge in [0.1, 0.15) is 6.04 Å². The number of aliphatic hydroxyl groups is 1. The summed E-state index contributed by atoms with van der Waals surface area (Å²) in [7, 11) is 0. The molecule has 0 unspecified atom stereocenters. The third-order valence-corrected chi connectivity index (χ3v) is 2.37. The minimum Gasteiger partial charge on any atom is -0.388 e. The molecular formula is C10H12Cl2F3NO. The summed E-state index contributed by atoms with van der Waals surface area (Å²) in [5, 5.41) is 9.90. The molecule has 0 saturated carbocycles. The number of alkyl halides is 3. The van der Waals surface area contributed by atoms with E-state index in [0.717, 1.165) is 0 Å². The van der Waals surface area contributed by atoms with E-state index in [1.807, 2.05) is 0 Å². The van der Waals surface area contributed by atoms with Crippen LogP contribution in [-0.2, 0) is 0 Å². The Morgan fingerprint density at radius 1 is 1.35 bits per heavy atom. The van der Waals surface area contributed by atoms with Gasteiger partial charge in [-0.1, -0.05) is 23.7 Å². The van der Waals surface area contributed by atoms with Crippen LogP contribution in [0.15, 0.2) is 24.3 Å². The van der Waals surface area contributed by atoms with Crippen molar-refractivity contribution >= 4 is 24.0 Å². The van der Waals surface area contributed by atoms with Crippen LogP contribution in [0.5, 0.6) is 0 Å². The summed E-state index contributed by atoms with van der Waals surface area (Å²) in [5.41, 5.74) is 5.24. The molecule has 0 aliphatic carbocycles. The Labute approximate surface area is 108 Å². The van der Waals surface area contributed by atoms with Crippen molar-refractivity contribution in [3.8, 4) is 0 Å². The first-order valence-electron chi connectivity index (χ1n) is 4.56. The maximum Gasteiger partial charge on any atom is 0.403 e. The van der Waals surface area contributed by atoms with Gasteiger partial charge < -0.3 is 10.8 Å². The summed E-state index contributed by atoms with van der Waals surface area (Å²) in [6.45, 7) is 0. The Hall–Kier alpha value is -0.490. The fourth-order valence-corrected chi connectivity index (χ4v) is 1.42. The van der Waals surface area contributed by atoms with Gasteiger partial charge in [-0.05, 0) is 17.7 Å².